The van der Waals surface area contributed by atoms with Crippen molar-refractivity contribution in [1.82, 2.24) is 0 Å². The van der Waals surface area contributed by atoms with Crippen LogP contribution in [0.4, 0.5) is 0 Å². The number of ether oxygens (including phenoxy) is 1. The fraction of sp³-hybridized carbons (Fsp3) is 0.154. The molecular formula is C13H10Cl2O2. The Labute approximate surface area is 109 Å². The zero-order valence-electron chi connectivity index (χ0n) is 8.90. The molecule has 2 rings (SSSR count). The van der Waals surface area contributed by atoms with Crippen molar-refractivity contribution in [2.24, 2.45) is 0 Å². The molecule has 0 N–H and O–H groups in total. The fourth-order valence-electron chi connectivity index (χ4n) is 1.78. The molecular weight excluding hydrogens is 259 g/mol. The number of halogens is 2. The third kappa shape index (κ3) is 2.24. The molecule has 0 aliphatic carbocycles. The lowest BCUT2D eigenvalue weighted by Gasteiger charge is -2.19. The number of benzene rings is 1. The maximum absolute atomic E-state index is 11.3. The summed E-state index contributed by atoms with van der Waals surface area (Å²) in [4.78, 5) is 11.3. The third-order valence-corrected chi connectivity index (χ3v) is 3.50. The summed E-state index contributed by atoms with van der Waals surface area (Å²) < 4.78 is 5.15. The molecule has 0 radical (unpaired) electrons. The van der Waals surface area contributed by atoms with Gasteiger partial charge < -0.3 is 4.74 Å². The maximum atomic E-state index is 11.3. The lowest BCUT2D eigenvalue weighted by atomic mass is 9.93. The molecule has 2 nitrogen and oxygen atoms in total. The van der Waals surface area contributed by atoms with Gasteiger partial charge in [0, 0.05) is 5.92 Å². The molecule has 0 fully saturated rings. The minimum absolute atomic E-state index is 0.0422. The summed E-state index contributed by atoms with van der Waals surface area (Å²) in [5.74, 6) is -0.770. The van der Waals surface area contributed by atoms with Gasteiger partial charge in [0.2, 0.25) is 0 Å². The molecule has 0 aromatic heterocycles. The van der Waals surface area contributed by atoms with E-state index in [0.717, 1.165) is 5.56 Å². The number of hydrogen-bond donors (Lipinski definition) is 0. The van der Waals surface area contributed by atoms with Crippen LogP contribution in [0.25, 0.3) is 0 Å². The predicted octanol–water partition coefficient (Wildman–Crippen LogP) is 3.57. The monoisotopic (exact) mass is 268 g/mol. The van der Waals surface area contributed by atoms with Crippen LogP contribution in [-0.4, -0.2) is 12.1 Å². The Morgan fingerprint density at radius 1 is 1.29 bits per heavy atom. The van der Waals surface area contributed by atoms with Crippen LogP contribution < -0.4 is 0 Å². The van der Waals surface area contributed by atoms with Crippen molar-refractivity contribution < 1.29 is 9.53 Å². The Morgan fingerprint density at radius 2 is 1.94 bits per heavy atom. The number of cyclic esters (lactones) is 1. The van der Waals surface area contributed by atoms with Gasteiger partial charge in [0.15, 0.2) is 0 Å². The van der Waals surface area contributed by atoms with Crippen LogP contribution in [0.5, 0.6) is 0 Å². The van der Waals surface area contributed by atoms with E-state index < -0.39 is 12.1 Å². The summed E-state index contributed by atoms with van der Waals surface area (Å²) in [6.45, 7) is 3.75. The Hall–Kier alpha value is -1.25. The van der Waals surface area contributed by atoms with Gasteiger partial charge in [-0.3, -0.25) is 0 Å². The smallest absolute Gasteiger partial charge is 0.351 e. The predicted molar refractivity (Wildman–Crippen MR) is 68.0 cm³/mol. The van der Waals surface area contributed by atoms with E-state index in [9.17, 15) is 4.79 Å². The van der Waals surface area contributed by atoms with Crippen molar-refractivity contribution in [2.75, 3.05) is 0 Å². The van der Waals surface area contributed by atoms with Crippen LogP contribution in [0.3, 0.4) is 0 Å². The highest BCUT2D eigenvalue weighted by molar-refractivity contribution is 6.48. The van der Waals surface area contributed by atoms with E-state index in [2.05, 4.69) is 6.58 Å². The quantitative estimate of drug-likeness (QED) is 0.619. The molecule has 88 valence electrons. The number of carbonyl (C=O) groups is 1. The van der Waals surface area contributed by atoms with E-state index in [0.29, 0.717) is 0 Å². The average Bonchev–Trinajstić information content (AvgIpc) is 2.60. The van der Waals surface area contributed by atoms with E-state index in [-0.39, 0.29) is 16.0 Å². The summed E-state index contributed by atoms with van der Waals surface area (Å²) in [6, 6.07) is 9.57. The van der Waals surface area contributed by atoms with Gasteiger partial charge in [-0.15, -0.1) is 6.58 Å². The molecule has 0 saturated carbocycles. The van der Waals surface area contributed by atoms with Gasteiger partial charge >= 0.3 is 5.97 Å². The second-order valence-electron chi connectivity index (χ2n) is 3.66. The second kappa shape index (κ2) is 4.94. The zero-order valence-corrected chi connectivity index (χ0v) is 10.4. The van der Waals surface area contributed by atoms with Crippen LogP contribution in [0.1, 0.15) is 11.5 Å². The number of hydrogen-bond acceptors (Lipinski definition) is 2. The van der Waals surface area contributed by atoms with E-state index in [4.69, 9.17) is 27.9 Å². The molecule has 1 aromatic carbocycles. The number of carbonyl (C=O) groups excluding carboxylic acids is 1. The summed E-state index contributed by atoms with van der Waals surface area (Å²) in [6.07, 6.45) is 1.13. The van der Waals surface area contributed by atoms with Crippen LogP contribution in [0.15, 0.2) is 53.1 Å². The lowest BCUT2D eigenvalue weighted by Crippen LogP contribution is -2.18. The van der Waals surface area contributed by atoms with E-state index in [1.54, 1.807) is 6.08 Å². The molecule has 0 saturated heterocycles. The standard InChI is InChI=1S/C13H10Cl2O2/c1-2-9(8-6-4-3-5-7-8)12-10(14)11(15)13(16)17-12/h2-7,9,12H,1H2. The summed E-state index contributed by atoms with van der Waals surface area (Å²) >= 11 is 11.7. The Bertz CT molecular complexity index is 479. The fourth-order valence-corrected chi connectivity index (χ4v) is 2.19. The maximum Gasteiger partial charge on any atom is 0.351 e. The Morgan fingerprint density at radius 3 is 2.41 bits per heavy atom. The first-order chi connectivity index (χ1) is 8.15. The van der Waals surface area contributed by atoms with Crippen LogP contribution >= 0.6 is 23.2 Å². The Kier molecular flexibility index (Phi) is 3.55. The highest BCUT2D eigenvalue weighted by atomic mass is 35.5. The van der Waals surface area contributed by atoms with Crippen LogP contribution in [0, 0.1) is 0 Å². The SMILES string of the molecule is C=CC(c1ccccc1)C1OC(=O)C(Cl)=C1Cl. The minimum Gasteiger partial charge on any atom is -0.451 e. The zero-order chi connectivity index (χ0) is 12.4. The highest BCUT2D eigenvalue weighted by Gasteiger charge is 2.37. The molecule has 2 atom stereocenters. The van der Waals surface area contributed by atoms with Gasteiger partial charge in [-0.05, 0) is 5.56 Å². The first-order valence-electron chi connectivity index (χ1n) is 5.08. The number of rotatable bonds is 3. The largest absolute Gasteiger partial charge is 0.451 e. The molecule has 1 aromatic rings. The van der Waals surface area contributed by atoms with Crippen LogP contribution in [-0.2, 0) is 9.53 Å². The molecule has 17 heavy (non-hydrogen) atoms. The molecule has 2 unspecified atom stereocenters. The van der Waals surface area contributed by atoms with Crippen molar-refractivity contribution in [1.29, 1.82) is 0 Å². The van der Waals surface area contributed by atoms with Crippen molar-refractivity contribution >= 4 is 29.2 Å². The van der Waals surface area contributed by atoms with Gasteiger partial charge in [0.25, 0.3) is 0 Å². The van der Waals surface area contributed by atoms with Gasteiger partial charge in [0.05, 0.1) is 5.03 Å². The highest BCUT2D eigenvalue weighted by Crippen LogP contribution is 2.37. The molecule has 1 aliphatic heterocycles. The van der Waals surface area contributed by atoms with Crippen molar-refractivity contribution in [3.63, 3.8) is 0 Å². The van der Waals surface area contributed by atoms with Crippen molar-refractivity contribution in [3.8, 4) is 0 Å². The van der Waals surface area contributed by atoms with Crippen molar-refractivity contribution in [3.05, 3.63) is 58.6 Å². The van der Waals surface area contributed by atoms with E-state index in [1.165, 1.54) is 0 Å². The van der Waals surface area contributed by atoms with Crippen molar-refractivity contribution in [2.45, 2.75) is 12.0 Å². The van der Waals surface area contributed by atoms with Gasteiger partial charge in [0.1, 0.15) is 11.1 Å². The first-order valence-corrected chi connectivity index (χ1v) is 5.84. The average molecular weight is 269 g/mol. The molecule has 0 amide bonds. The first kappa shape index (κ1) is 12.2. The number of esters is 1. The molecule has 0 bridgehead atoms. The van der Waals surface area contributed by atoms with E-state index in [1.807, 2.05) is 30.3 Å². The molecule has 0 spiro atoms. The summed E-state index contributed by atoms with van der Waals surface area (Å²) in [7, 11) is 0. The minimum atomic E-state index is -0.579. The van der Waals surface area contributed by atoms with Gasteiger partial charge in [-0.2, -0.15) is 0 Å². The Balaban J connectivity index is 2.34. The van der Waals surface area contributed by atoms with Gasteiger partial charge in [-0.25, -0.2) is 4.79 Å². The normalized spacial score (nSPS) is 21.3. The lowest BCUT2D eigenvalue weighted by molar-refractivity contribution is -0.139. The molecule has 1 aliphatic rings. The van der Waals surface area contributed by atoms with E-state index >= 15 is 0 Å². The van der Waals surface area contributed by atoms with Crippen LogP contribution in [0.2, 0.25) is 0 Å². The topological polar surface area (TPSA) is 26.3 Å². The van der Waals surface area contributed by atoms with Gasteiger partial charge in [-0.1, -0.05) is 59.6 Å². The summed E-state index contributed by atoms with van der Waals surface area (Å²) in [5, 5.41) is 0.199. The summed E-state index contributed by atoms with van der Waals surface area (Å²) in [5.41, 5.74) is 0.977. The second-order valence-corrected chi connectivity index (χ2v) is 4.45. The third-order valence-electron chi connectivity index (χ3n) is 2.64. The molecule has 4 heteroatoms. The molecule has 1 heterocycles.